The molecule has 0 aliphatic heterocycles. The molecular formula is C26H18Cl2Hf. The summed E-state index contributed by atoms with van der Waals surface area (Å²) in [6, 6.07) is 31.9. The molecule has 0 nitrogen and oxygen atoms in total. The molecular weight excluding hydrogens is 562 g/mol. The van der Waals surface area contributed by atoms with Crippen LogP contribution in [0.5, 0.6) is 0 Å². The first-order chi connectivity index (χ1) is 13.4. The molecule has 29 heavy (non-hydrogen) atoms. The van der Waals surface area contributed by atoms with Gasteiger partial charge in [-0.1, -0.05) is 0 Å². The van der Waals surface area contributed by atoms with Crippen molar-refractivity contribution in [3.8, 4) is 22.3 Å². The van der Waals surface area contributed by atoms with Crippen molar-refractivity contribution in [1.82, 2.24) is 0 Å². The normalized spacial score (nSPS) is 11.9. The van der Waals surface area contributed by atoms with Gasteiger partial charge in [-0.15, -0.1) is 0 Å². The Kier molecular flexibility index (Phi) is 5.84. The van der Waals surface area contributed by atoms with Crippen molar-refractivity contribution >= 4 is 6.64 Å². The molecule has 0 N–H and O–H groups in total. The Morgan fingerprint density at radius 1 is 0.448 bits per heavy atom. The summed E-state index contributed by atoms with van der Waals surface area (Å²) in [5.74, 6) is 0. The van der Waals surface area contributed by atoms with Gasteiger partial charge in [0.1, 0.15) is 0 Å². The van der Waals surface area contributed by atoms with E-state index < -0.39 is 22.9 Å². The van der Waals surface area contributed by atoms with Gasteiger partial charge in [-0.3, -0.25) is 0 Å². The van der Waals surface area contributed by atoms with Gasteiger partial charge in [0, 0.05) is 0 Å². The van der Waals surface area contributed by atoms with Crippen LogP contribution in [-0.4, -0.2) is 0 Å². The van der Waals surface area contributed by atoms with Crippen LogP contribution in [0.1, 0.15) is 22.3 Å². The van der Waals surface area contributed by atoms with Gasteiger partial charge in [0.2, 0.25) is 0 Å². The van der Waals surface area contributed by atoms with E-state index in [0.717, 1.165) is 12.8 Å². The molecule has 0 spiro atoms. The fraction of sp³-hybridized carbons (Fsp3) is 0.0769. The van der Waals surface area contributed by atoms with E-state index in [1.54, 1.807) is 17.8 Å². The van der Waals surface area contributed by atoms with Gasteiger partial charge < -0.3 is 24.8 Å². The summed E-state index contributed by atoms with van der Waals surface area (Å²) < 4.78 is 3.35. The second kappa shape index (κ2) is 8.22. The SMILES string of the molecule is [Cl-].[Cl-].c1ccc2c(c1)Cc1[c]([Hf+2][c]3cccc4c3Cc3ccccc3-4)cccc1-2. The van der Waals surface area contributed by atoms with Crippen LogP contribution < -0.4 is 31.5 Å². The van der Waals surface area contributed by atoms with Crippen LogP contribution in [0.3, 0.4) is 0 Å². The molecule has 4 aromatic carbocycles. The molecule has 0 unspecified atom stereocenters. The average molecular weight is 580 g/mol. The van der Waals surface area contributed by atoms with Crippen LogP contribution in [0, 0.1) is 0 Å². The molecule has 0 bridgehead atoms. The second-order valence-electron chi connectivity index (χ2n) is 7.46. The van der Waals surface area contributed by atoms with Crippen LogP contribution in [0.25, 0.3) is 22.3 Å². The van der Waals surface area contributed by atoms with E-state index in [1.165, 1.54) is 33.4 Å². The fourth-order valence-corrected chi connectivity index (χ4v) is 9.71. The van der Waals surface area contributed by atoms with E-state index in [0.29, 0.717) is 0 Å². The van der Waals surface area contributed by atoms with Crippen molar-refractivity contribution in [2.24, 2.45) is 0 Å². The van der Waals surface area contributed by atoms with Crippen LogP contribution in [0.4, 0.5) is 0 Å². The van der Waals surface area contributed by atoms with E-state index >= 15 is 0 Å². The van der Waals surface area contributed by atoms with Gasteiger partial charge in [-0.05, 0) is 0 Å². The average Bonchev–Trinajstić information content (AvgIpc) is 3.28. The quantitative estimate of drug-likeness (QED) is 0.228. The summed E-state index contributed by atoms with van der Waals surface area (Å²) in [5, 5.41) is 0. The Hall–Kier alpha value is -1.67. The first-order valence-electron chi connectivity index (χ1n) is 9.56. The van der Waals surface area contributed by atoms with Crippen molar-refractivity contribution in [3.63, 3.8) is 0 Å². The molecule has 2 aliphatic rings. The van der Waals surface area contributed by atoms with Gasteiger partial charge in [0.05, 0.1) is 0 Å². The summed E-state index contributed by atoms with van der Waals surface area (Å²) >= 11 is -1.12. The minimum atomic E-state index is -1.12. The molecule has 6 rings (SSSR count). The predicted molar refractivity (Wildman–Crippen MR) is 109 cm³/mol. The van der Waals surface area contributed by atoms with Crippen LogP contribution >= 0.6 is 0 Å². The van der Waals surface area contributed by atoms with E-state index in [1.807, 2.05) is 0 Å². The molecule has 0 aromatic heterocycles. The molecule has 0 radical (unpaired) electrons. The topological polar surface area (TPSA) is 0 Å². The molecule has 0 heterocycles. The van der Waals surface area contributed by atoms with Gasteiger partial charge in [0.15, 0.2) is 0 Å². The van der Waals surface area contributed by atoms with Gasteiger partial charge >= 0.3 is 172 Å². The zero-order valence-corrected chi connectivity index (χ0v) is 20.9. The predicted octanol–water partition coefficient (Wildman–Crippen LogP) is -1.13. The molecule has 140 valence electrons. The summed E-state index contributed by atoms with van der Waals surface area (Å²) in [7, 11) is 0. The third kappa shape index (κ3) is 3.34. The van der Waals surface area contributed by atoms with Crippen LogP contribution in [0.15, 0.2) is 84.9 Å². The van der Waals surface area contributed by atoms with E-state index in [-0.39, 0.29) is 24.8 Å². The number of benzene rings is 4. The molecule has 4 aromatic rings. The number of hydrogen-bond acceptors (Lipinski definition) is 0. The van der Waals surface area contributed by atoms with Gasteiger partial charge in [-0.2, -0.15) is 0 Å². The first-order valence-corrected chi connectivity index (χ1v) is 13.1. The van der Waals surface area contributed by atoms with E-state index in [9.17, 15) is 0 Å². The van der Waals surface area contributed by atoms with Crippen molar-refractivity contribution in [2.75, 3.05) is 0 Å². The van der Waals surface area contributed by atoms with Crippen LogP contribution in [0.2, 0.25) is 0 Å². The van der Waals surface area contributed by atoms with Crippen molar-refractivity contribution in [1.29, 1.82) is 0 Å². The number of halogens is 2. The number of fused-ring (bicyclic) bond motifs is 6. The van der Waals surface area contributed by atoms with Crippen LogP contribution in [-0.2, 0) is 35.7 Å². The number of hydrogen-bond donors (Lipinski definition) is 0. The standard InChI is InChI=1S/2C13H9.2ClH.Hf/c2*1-3-7-12-10(5-1)9-11-6-2-4-8-13(11)12;;;/h2*1-5,7-8H,9H2;2*1H;/q;;;;+2/p-2. The number of rotatable bonds is 2. The molecule has 2 aliphatic carbocycles. The third-order valence-corrected chi connectivity index (χ3v) is 11.3. The zero-order valence-electron chi connectivity index (χ0n) is 15.8. The molecule has 0 amide bonds. The molecule has 0 saturated carbocycles. The monoisotopic (exact) mass is 580 g/mol. The van der Waals surface area contributed by atoms with Crippen molar-refractivity contribution in [3.05, 3.63) is 107 Å². The Morgan fingerprint density at radius 2 is 0.862 bits per heavy atom. The van der Waals surface area contributed by atoms with Gasteiger partial charge in [-0.25, -0.2) is 0 Å². The molecule has 0 atom stereocenters. The van der Waals surface area contributed by atoms with Crippen molar-refractivity contribution < 1.29 is 47.7 Å². The summed E-state index contributed by atoms with van der Waals surface area (Å²) in [6.45, 7) is 0. The maximum atomic E-state index is 2.41. The zero-order chi connectivity index (χ0) is 17.8. The molecule has 0 fully saturated rings. The Labute approximate surface area is 195 Å². The second-order valence-corrected chi connectivity index (χ2v) is 12.2. The molecule has 0 saturated heterocycles. The molecule has 3 heteroatoms. The van der Waals surface area contributed by atoms with E-state index in [4.69, 9.17) is 0 Å². The Morgan fingerprint density at radius 3 is 1.34 bits per heavy atom. The fourth-order valence-electron chi connectivity index (χ4n) is 4.69. The Balaban J connectivity index is 0.00000102. The third-order valence-electron chi connectivity index (χ3n) is 5.97. The summed E-state index contributed by atoms with van der Waals surface area (Å²) in [4.78, 5) is 0. The summed E-state index contributed by atoms with van der Waals surface area (Å²) in [5.41, 5.74) is 12.1. The van der Waals surface area contributed by atoms with E-state index in [2.05, 4.69) is 84.9 Å². The first kappa shape index (κ1) is 20.6. The maximum absolute atomic E-state index is 2.41. The van der Waals surface area contributed by atoms with Crippen molar-refractivity contribution in [2.45, 2.75) is 12.8 Å². The summed E-state index contributed by atoms with van der Waals surface area (Å²) in [6.07, 6.45) is 2.23. The minimum absolute atomic E-state index is 0. The Bertz CT molecular complexity index is 1120. The van der Waals surface area contributed by atoms with Gasteiger partial charge in [0.25, 0.3) is 0 Å².